The van der Waals surface area contributed by atoms with Crippen LogP contribution in [0.4, 0.5) is 33.7 Å². The minimum absolute atomic E-state index is 0.144. The largest absolute Gasteiger partial charge is 0.449 e. The van der Waals surface area contributed by atoms with Gasteiger partial charge in [0.2, 0.25) is 5.75 Å². The van der Waals surface area contributed by atoms with Crippen LogP contribution in [0.1, 0.15) is 11.1 Å². The molecule has 4 amide bonds. The summed E-state index contributed by atoms with van der Waals surface area (Å²) in [4.78, 5) is 48.1. The number of hydrogen-bond donors (Lipinski definition) is 1. The molecule has 4 rings (SSSR count). The van der Waals surface area contributed by atoms with Crippen LogP contribution in [0.2, 0.25) is 5.02 Å². The van der Waals surface area contributed by atoms with Gasteiger partial charge in [-0.05, 0) is 48.0 Å². The Morgan fingerprint density at radius 2 is 1.68 bits per heavy atom. The number of nitro benzene ring substituents is 1. The Kier molecular flexibility index (Phi) is 6.87. The van der Waals surface area contributed by atoms with Gasteiger partial charge in [-0.1, -0.05) is 29.8 Å². The first kappa shape index (κ1) is 26.3. The number of carbonyl (C=O) groups is 3. The van der Waals surface area contributed by atoms with E-state index in [1.54, 1.807) is 0 Å². The van der Waals surface area contributed by atoms with Crippen LogP contribution >= 0.6 is 11.6 Å². The molecule has 38 heavy (non-hydrogen) atoms. The Morgan fingerprint density at radius 3 is 2.32 bits per heavy atom. The Hall–Kier alpha value is -4.78. The molecule has 0 aliphatic carbocycles. The van der Waals surface area contributed by atoms with Crippen LogP contribution in [0.15, 0.2) is 66.2 Å². The number of amides is 4. The van der Waals surface area contributed by atoms with Gasteiger partial charge < -0.3 is 4.74 Å². The molecule has 194 valence electrons. The smallest absolute Gasteiger partial charge is 0.416 e. The van der Waals surface area contributed by atoms with E-state index in [2.05, 4.69) is 0 Å². The van der Waals surface area contributed by atoms with Gasteiger partial charge in [0, 0.05) is 6.07 Å². The van der Waals surface area contributed by atoms with E-state index < -0.39 is 57.3 Å². The molecule has 1 fully saturated rings. The fraction of sp³-hybridized carbons (Fsp3) is 0.0417. The van der Waals surface area contributed by atoms with Crippen molar-refractivity contribution in [3.63, 3.8) is 0 Å². The van der Waals surface area contributed by atoms with E-state index in [0.29, 0.717) is 17.0 Å². The lowest BCUT2D eigenvalue weighted by Crippen LogP contribution is -2.54. The van der Waals surface area contributed by atoms with Gasteiger partial charge in [0.05, 0.1) is 21.2 Å². The van der Waals surface area contributed by atoms with Gasteiger partial charge in [0.15, 0.2) is 0 Å². The van der Waals surface area contributed by atoms with Gasteiger partial charge in [-0.2, -0.15) is 13.2 Å². The number of urea groups is 1. The van der Waals surface area contributed by atoms with Crippen molar-refractivity contribution in [2.24, 2.45) is 0 Å². The quantitative estimate of drug-likeness (QED) is 0.140. The van der Waals surface area contributed by atoms with Crippen LogP contribution < -0.4 is 15.0 Å². The molecule has 1 aliphatic heterocycles. The number of benzene rings is 3. The molecule has 9 nitrogen and oxygen atoms in total. The lowest BCUT2D eigenvalue weighted by Gasteiger charge is -2.26. The molecule has 3 aromatic carbocycles. The van der Waals surface area contributed by atoms with E-state index in [-0.39, 0.29) is 22.0 Å². The number of nitrogens with one attached hydrogen (secondary N) is 1. The van der Waals surface area contributed by atoms with Crippen molar-refractivity contribution in [1.82, 2.24) is 5.32 Å². The van der Waals surface area contributed by atoms with Gasteiger partial charge in [-0.15, -0.1) is 0 Å². The van der Waals surface area contributed by atoms with Crippen LogP contribution in [-0.4, -0.2) is 22.8 Å². The molecule has 3 aromatic rings. The van der Waals surface area contributed by atoms with E-state index in [1.165, 1.54) is 36.4 Å². The van der Waals surface area contributed by atoms with Gasteiger partial charge in [-0.3, -0.25) is 25.0 Å². The van der Waals surface area contributed by atoms with E-state index in [0.717, 1.165) is 18.2 Å². The first-order chi connectivity index (χ1) is 17.9. The summed E-state index contributed by atoms with van der Waals surface area (Å²) in [6.45, 7) is 0. The third-order valence-electron chi connectivity index (χ3n) is 5.16. The van der Waals surface area contributed by atoms with E-state index in [1.807, 2.05) is 5.32 Å². The second-order valence-corrected chi connectivity index (χ2v) is 8.05. The van der Waals surface area contributed by atoms with Crippen LogP contribution in [0.5, 0.6) is 11.5 Å². The van der Waals surface area contributed by atoms with Crippen molar-refractivity contribution >= 4 is 46.9 Å². The summed E-state index contributed by atoms with van der Waals surface area (Å²) < 4.78 is 58.3. The molecule has 0 aromatic heterocycles. The number of carbonyl (C=O) groups excluding carboxylic acids is 3. The molecule has 1 aliphatic rings. The number of nitrogens with zero attached hydrogens (tertiary/aromatic N) is 2. The average molecular weight is 550 g/mol. The highest BCUT2D eigenvalue weighted by Crippen LogP contribution is 2.39. The van der Waals surface area contributed by atoms with E-state index in [9.17, 15) is 42.1 Å². The highest BCUT2D eigenvalue weighted by atomic mass is 35.5. The molecule has 0 spiro atoms. The summed E-state index contributed by atoms with van der Waals surface area (Å²) in [5.74, 6) is -3.74. The minimum Gasteiger partial charge on any atom is -0.449 e. The molecule has 14 heteroatoms. The number of nitro groups is 1. The highest BCUT2D eigenvalue weighted by Gasteiger charge is 2.38. The second-order valence-electron chi connectivity index (χ2n) is 7.64. The topological polar surface area (TPSA) is 119 Å². The molecule has 0 saturated carbocycles. The molecule has 0 unspecified atom stereocenters. The number of imide groups is 2. The highest BCUT2D eigenvalue weighted by molar-refractivity contribution is 6.39. The third-order valence-corrected chi connectivity index (χ3v) is 5.46. The van der Waals surface area contributed by atoms with Gasteiger partial charge in [0.1, 0.15) is 17.1 Å². The minimum atomic E-state index is -4.81. The molecule has 1 N–H and O–H groups in total. The van der Waals surface area contributed by atoms with Crippen LogP contribution in [-0.2, 0) is 15.8 Å². The number of hydrogen-bond acceptors (Lipinski definition) is 6. The van der Waals surface area contributed by atoms with Crippen molar-refractivity contribution in [3.05, 3.63) is 98.3 Å². The zero-order valence-corrected chi connectivity index (χ0v) is 19.3. The number of barbiturate groups is 1. The van der Waals surface area contributed by atoms with Crippen molar-refractivity contribution in [1.29, 1.82) is 0 Å². The summed E-state index contributed by atoms with van der Waals surface area (Å²) in [5.41, 5.74) is -2.97. The first-order valence-electron chi connectivity index (χ1n) is 10.4. The van der Waals surface area contributed by atoms with Crippen molar-refractivity contribution in [2.75, 3.05) is 4.90 Å². The average Bonchev–Trinajstić information content (AvgIpc) is 2.84. The Morgan fingerprint density at radius 1 is 1.00 bits per heavy atom. The third kappa shape index (κ3) is 5.18. The molecular formula is C24H12ClF4N3O6. The number of anilines is 1. The molecular weight excluding hydrogens is 538 g/mol. The maximum Gasteiger partial charge on any atom is 0.416 e. The fourth-order valence-electron chi connectivity index (χ4n) is 3.41. The Balaban J connectivity index is 1.64. The lowest BCUT2D eigenvalue weighted by atomic mass is 10.1. The predicted octanol–water partition coefficient (Wildman–Crippen LogP) is 5.86. The number of alkyl halides is 3. The molecule has 0 bridgehead atoms. The molecule has 1 saturated heterocycles. The van der Waals surface area contributed by atoms with Gasteiger partial charge >= 0.3 is 17.9 Å². The van der Waals surface area contributed by atoms with Gasteiger partial charge in [0.25, 0.3) is 11.8 Å². The van der Waals surface area contributed by atoms with Crippen molar-refractivity contribution in [2.45, 2.75) is 6.18 Å². The van der Waals surface area contributed by atoms with Crippen LogP contribution in [0.3, 0.4) is 0 Å². The number of rotatable bonds is 5. The van der Waals surface area contributed by atoms with E-state index in [4.69, 9.17) is 16.3 Å². The van der Waals surface area contributed by atoms with Crippen molar-refractivity contribution in [3.8, 4) is 11.5 Å². The summed E-state index contributed by atoms with van der Waals surface area (Å²) in [6.07, 6.45) is -3.75. The number of halogens is 5. The Bertz CT molecular complexity index is 1540. The second kappa shape index (κ2) is 9.94. The van der Waals surface area contributed by atoms with Crippen LogP contribution in [0, 0.1) is 15.9 Å². The SMILES string of the molecule is O=C1NC(=O)N(c2ccccc2F)C(=O)/C1=C/c1ccc(Oc2ccc(C(F)(F)F)cc2[N+](=O)[O-])c(Cl)c1. The van der Waals surface area contributed by atoms with Gasteiger partial charge in [-0.25, -0.2) is 14.1 Å². The maximum atomic E-state index is 14.2. The number of para-hydroxylation sites is 1. The maximum absolute atomic E-state index is 14.2. The molecule has 0 atom stereocenters. The predicted molar refractivity (Wildman–Crippen MR) is 125 cm³/mol. The first-order valence-corrected chi connectivity index (χ1v) is 10.7. The fourth-order valence-corrected chi connectivity index (χ4v) is 3.63. The normalized spacial score (nSPS) is 15.0. The summed E-state index contributed by atoms with van der Waals surface area (Å²) in [6, 6.07) is 9.15. The zero-order chi connectivity index (χ0) is 27.8. The standard InChI is InChI=1S/C24H12ClF4N3O6/c25-15-10-12(5-7-19(15)38-20-8-6-13(24(27,28)29)11-18(20)32(36)37)9-14-21(33)30-23(35)31(22(14)34)17-4-2-1-3-16(17)26/h1-11H,(H,30,33,35)/b14-9+. The monoisotopic (exact) mass is 549 g/mol. The summed E-state index contributed by atoms with van der Waals surface area (Å²) >= 11 is 6.17. The Labute approximate surface area is 215 Å². The lowest BCUT2D eigenvalue weighted by molar-refractivity contribution is -0.385. The molecule has 1 heterocycles. The summed E-state index contributed by atoms with van der Waals surface area (Å²) in [5, 5.41) is 13.0. The summed E-state index contributed by atoms with van der Waals surface area (Å²) in [7, 11) is 0. The zero-order valence-electron chi connectivity index (χ0n) is 18.6. The molecule has 0 radical (unpaired) electrons. The van der Waals surface area contributed by atoms with Crippen molar-refractivity contribution < 1.29 is 41.6 Å². The number of ether oxygens (including phenoxy) is 1. The van der Waals surface area contributed by atoms with Crippen LogP contribution in [0.25, 0.3) is 6.08 Å². The van der Waals surface area contributed by atoms with E-state index >= 15 is 0 Å².